The van der Waals surface area contributed by atoms with Gasteiger partial charge in [0.15, 0.2) is 17.5 Å². The van der Waals surface area contributed by atoms with Gasteiger partial charge in [-0.3, -0.25) is 0 Å². The standard InChI is InChI=1S/C21H23ClFN5O.CH3B/c1-21(2)11-3-10(9-29)17(15(21)4-11)27-20-16(23)8-26-19(28-20)14-7-25-18-13(14)5-12(22)6-24-18;1-2/h5-8,10-11,15,17,29H,3-4,9H2,1-2H3,(H,24,25)(H,26,27,28);1H3/t10-,11?,15+,17?;/m1./s1. The van der Waals surface area contributed by atoms with Crippen molar-refractivity contribution in [2.24, 2.45) is 23.2 Å². The van der Waals surface area contributed by atoms with E-state index in [-0.39, 0.29) is 29.8 Å². The normalized spacial score (nSPS) is 26.0. The predicted molar refractivity (Wildman–Crippen MR) is 122 cm³/mol. The second kappa shape index (κ2) is 8.39. The summed E-state index contributed by atoms with van der Waals surface area (Å²) in [7, 11) is 4.50. The van der Waals surface area contributed by atoms with Crippen LogP contribution in [0, 0.1) is 29.0 Å². The summed E-state index contributed by atoms with van der Waals surface area (Å²) in [4.78, 5) is 16.0. The number of aliphatic hydroxyl groups is 1. The van der Waals surface area contributed by atoms with Crippen molar-refractivity contribution in [3.8, 4) is 11.4 Å². The van der Waals surface area contributed by atoms with Gasteiger partial charge in [-0.25, -0.2) is 19.3 Å². The zero-order valence-electron chi connectivity index (χ0n) is 17.9. The van der Waals surface area contributed by atoms with Crippen LogP contribution in [0.25, 0.3) is 22.4 Å². The zero-order chi connectivity index (χ0) is 22.3. The van der Waals surface area contributed by atoms with E-state index in [1.807, 2.05) is 0 Å². The molecular formula is C22H26BClFN5O. The lowest BCUT2D eigenvalue weighted by Crippen LogP contribution is -2.61. The van der Waals surface area contributed by atoms with Gasteiger partial charge in [-0.2, -0.15) is 0 Å². The van der Waals surface area contributed by atoms with Gasteiger partial charge < -0.3 is 15.4 Å². The van der Waals surface area contributed by atoms with Crippen LogP contribution in [0.4, 0.5) is 10.2 Å². The van der Waals surface area contributed by atoms with Crippen LogP contribution in [0.2, 0.25) is 11.8 Å². The highest BCUT2D eigenvalue weighted by Crippen LogP contribution is 2.61. The number of nitrogens with zero attached hydrogens (tertiary/aromatic N) is 3. The van der Waals surface area contributed by atoms with Gasteiger partial charge in [-0.05, 0) is 36.2 Å². The van der Waals surface area contributed by atoms with E-state index in [0.29, 0.717) is 33.9 Å². The predicted octanol–water partition coefficient (Wildman–Crippen LogP) is 4.47. The van der Waals surface area contributed by atoms with Crippen molar-refractivity contribution < 1.29 is 9.50 Å². The van der Waals surface area contributed by atoms with Gasteiger partial charge in [0.05, 0.1) is 19.1 Å². The number of anilines is 1. The zero-order valence-corrected chi connectivity index (χ0v) is 18.6. The molecular weight excluding hydrogens is 416 g/mol. The molecule has 3 saturated carbocycles. The van der Waals surface area contributed by atoms with E-state index in [1.165, 1.54) is 13.0 Å². The summed E-state index contributed by atoms with van der Waals surface area (Å²) in [5.74, 6) is 1.17. The third-order valence-electron chi connectivity index (χ3n) is 7.10. The van der Waals surface area contributed by atoms with Crippen LogP contribution in [-0.4, -0.2) is 45.5 Å². The van der Waals surface area contributed by atoms with Gasteiger partial charge in [0, 0.05) is 41.9 Å². The van der Waals surface area contributed by atoms with E-state index in [9.17, 15) is 9.50 Å². The van der Waals surface area contributed by atoms with Gasteiger partial charge >= 0.3 is 0 Å². The quantitative estimate of drug-likeness (QED) is 0.520. The van der Waals surface area contributed by atoms with E-state index in [4.69, 9.17) is 11.6 Å². The van der Waals surface area contributed by atoms with Gasteiger partial charge in [-0.15, -0.1) is 0 Å². The molecule has 3 aliphatic rings. The Morgan fingerprint density at radius 1 is 1.29 bits per heavy atom. The van der Waals surface area contributed by atoms with Crippen LogP contribution < -0.4 is 5.32 Å². The highest BCUT2D eigenvalue weighted by atomic mass is 35.5. The van der Waals surface area contributed by atoms with E-state index < -0.39 is 5.82 Å². The molecule has 0 aromatic carbocycles. The van der Waals surface area contributed by atoms with Gasteiger partial charge in [0.2, 0.25) is 0 Å². The molecule has 3 aromatic heterocycles. The fourth-order valence-electron chi connectivity index (χ4n) is 5.23. The van der Waals surface area contributed by atoms with Crippen molar-refractivity contribution in [1.29, 1.82) is 0 Å². The number of fused-ring (bicyclic) bond motifs is 3. The summed E-state index contributed by atoms with van der Waals surface area (Å²) < 4.78 is 14.6. The van der Waals surface area contributed by atoms with Crippen LogP contribution >= 0.6 is 11.6 Å². The molecule has 2 radical (unpaired) electrons. The number of hydrogen-bond donors (Lipinski definition) is 3. The third-order valence-corrected chi connectivity index (χ3v) is 7.30. The summed E-state index contributed by atoms with van der Waals surface area (Å²) in [6.45, 7) is 6.12. The van der Waals surface area contributed by atoms with Crippen molar-refractivity contribution in [3.05, 3.63) is 35.5 Å². The fraction of sp³-hybridized carbons (Fsp3) is 0.500. The van der Waals surface area contributed by atoms with Crippen LogP contribution in [-0.2, 0) is 0 Å². The molecule has 3 aromatic rings. The molecule has 6 rings (SSSR count). The van der Waals surface area contributed by atoms with Crippen molar-refractivity contribution in [1.82, 2.24) is 19.9 Å². The van der Waals surface area contributed by atoms with E-state index in [0.717, 1.165) is 18.2 Å². The lowest BCUT2D eigenvalue weighted by Gasteiger charge is -2.62. The Labute approximate surface area is 187 Å². The van der Waals surface area contributed by atoms with Gasteiger partial charge in [-0.1, -0.05) is 32.3 Å². The lowest BCUT2D eigenvalue weighted by atomic mass is 9.45. The number of aromatic amines is 1. The number of pyridine rings is 1. The highest BCUT2D eigenvalue weighted by molar-refractivity contribution is 6.31. The maximum Gasteiger partial charge on any atom is 0.183 e. The Hall–Kier alpha value is -2.19. The molecule has 3 heterocycles. The maximum absolute atomic E-state index is 14.6. The molecule has 3 fully saturated rings. The van der Waals surface area contributed by atoms with Crippen LogP contribution in [0.3, 0.4) is 0 Å². The number of nitrogens with one attached hydrogen (secondary N) is 2. The van der Waals surface area contributed by atoms with E-state index in [1.54, 1.807) is 18.5 Å². The first-order valence-electron chi connectivity index (χ1n) is 10.5. The SMILES string of the molecule is CC1(C)C2C[C@H](CO)C(Nc3nc(-c4c[nH]c5ncc(Cl)cc45)ncc3F)[C@@H]1C2.[B]C. The Kier molecular flexibility index (Phi) is 5.96. The molecule has 0 spiro atoms. The van der Waals surface area contributed by atoms with E-state index in [2.05, 4.69) is 46.9 Å². The topological polar surface area (TPSA) is 86.7 Å². The first-order valence-corrected chi connectivity index (χ1v) is 10.9. The first-order chi connectivity index (χ1) is 14.9. The van der Waals surface area contributed by atoms with Crippen molar-refractivity contribution in [2.45, 2.75) is 39.6 Å². The highest BCUT2D eigenvalue weighted by Gasteiger charge is 2.57. The van der Waals surface area contributed by atoms with Crippen molar-refractivity contribution in [3.63, 3.8) is 0 Å². The molecule has 3 aliphatic carbocycles. The number of halogens is 2. The van der Waals surface area contributed by atoms with Gasteiger partial charge in [0.25, 0.3) is 0 Å². The van der Waals surface area contributed by atoms with Crippen LogP contribution in [0.5, 0.6) is 0 Å². The number of H-pyrrole nitrogens is 1. The summed E-state index contributed by atoms with van der Waals surface area (Å²) in [5, 5.41) is 14.5. The third kappa shape index (κ3) is 3.70. The molecule has 0 amide bonds. The Morgan fingerprint density at radius 2 is 2.06 bits per heavy atom. The number of rotatable bonds is 4. The second-order valence-corrected chi connectivity index (χ2v) is 9.29. The number of hydrogen-bond acceptors (Lipinski definition) is 5. The molecule has 3 N–H and O–H groups in total. The molecule has 2 unspecified atom stereocenters. The van der Waals surface area contributed by atoms with E-state index >= 15 is 0 Å². The summed E-state index contributed by atoms with van der Waals surface area (Å²) >= 11 is 6.09. The smallest absolute Gasteiger partial charge is 0.183 e. The average Bonchev–Trinajstić information content (AvgIpc) is 3.19. The minimum Gasteiger partial charge on any atom is -0.396 e. The Balaban J connectivity index is 0.00000112. The number of aliphatic hydroxyl groups excluding tert-OH is 1. The molecule has 2 bridgehead atoms. The lowest BCUT2D eigenvalue weighted by molar-refractivity contribution is -0.107. The summed E-state index contributed by atoms with van der Waals surface area (Å²) in [5.41, 5.74) is 1.57. The minimum absolute atomic E-state index is 0.0173. The molecule has 162 valence electrons. The molecule has 9 heteroatoms. The fourth-order valence-corrected chi connectivity index (χ4v) is 5.39. The molecule has 31 heavy (non-hydrogen) atoms. The maximum atomic E-state index is 14.6. The van der Waals surface area contributed by atoms with Gasteiger partial charge in [0.1, 0.15) is 5.65 Å². The van der Waals surface area contributed by atoms with Crippen molar-refractivity contribution >= 4 is 36.3 Å². The second-order valence-electron chi connectivity index (χ2n) is 8.85. The van der Waals surface area contributed by atoms with Crippen molar-refractivity contribution in [2.75, 3.05) is 11.9 Å². The molecule has 0 saturated heterocycles. The first kappa shape index (κ1) is 22.0. The summed E-state index contributed by atoms with van der Waals surface area (Å²) in [6.07, 6.45) is 6.56. The molecule has 0 aliphatic heterocycles. The molecule has 6 nitrogen and oxygen atoms in total. The molecule has 4 atom stereocenters. The Morgan fingerprint density at radius 3 is 2.77 bits per heavy atom. The van der Waals surface area contributed by atoms with Crippen LogP contribution in [0.15, 0.2) is 24.7 Å². The Bertz CT molecular complexity index is 1090. The van der Waals surface area contributed by atoms with Crippen LogP contribution in [0.1, 0.15) is 26.7 Å². The monoisotopic (exact) mass is 441 g/mol. The minimum atomic E-state index is -0.499. The number of aromatic nitrogens is 4. The summed E-state index contributed by atoms with van der Waals surface area (Å²) in [6, 6.07) is 1.77. The average molecular weight is 442 g/mol. The largest absolute Gasteiger partial charge is 0.396 e.